The predicted octanol–water partition coefficient (Wildman–Crippen LogP) is -0.883. The largest absolute Gasteiger partial charge is 0.394 e. The highest BCUT2D eigenvalue weighted by atomic mass is 16.1. The Balaban J connectivity index is 2.05. The number of tetrazole rings is 1. The topological polar surface area (TPSA) is 91.6 Å². The highest BCUT2D eigenvalue weighted by Gasteiger charge is 1.96. The summed E-state index contributed by atoms with van der Waals surface area (Å²) in [6.45, 7) is 1.30. The molecule has 0 spiro atoms. The fraction of sp³-hybridized carbons (Fsp3) is 0.250. The van der Waals surface area contributed by atoms with Crippen LogP contribution in [0.3, 0.4) is 0 Å². The normalized spacial score (nSPS) is 10.4. The van der Waals surface area contributed by atoms with Gasteiger partial charge in [-0.2, -0.15) is 0 Å². The minimum absolute atomic E-state index is 0.159. The number of aromatic nitrogens is 5. The molecule has 0 fully saturated rings. The van der Waals surface area contributed by atoms with E-state index in [1.807, 2.05) is 4.57 Å². The van der Waals surface area contributed by atoms with Gasteiger partial charge in [0, 0.05) is 25.0 Å². The second-order valence-electron chi connectivity index (χ2n) is 3.08. The van der Waals surface area contributed by atoms with Gasteiger partial charge in [0.2, 0.25) is 5.43 Å². The van der Waals surface area contributed by atoms with Gasteiger partial charge in [0.05, 0.1) is 12.2 Å². The lowest BCUT2D eigenvalue weighted by atomic mass is 10.4. The highest BCUT2D eigenvalue weighted by Crippen LogP contribution is 1.94. The van der Waals surface area contributed by atoms with Crippen LogP contribution >= 0.6 is 0 Å². The number of nitrogens with two attached hydrogens (primary N) is 1. The van der Waals surface area contributed by atoms with Gasteiger partial charge in [-0.3, -0.25) is 4.79 Å². The van der Waals surface area contributed by atoms with E-state index in [1.54, 1.807) is 17.1 Å². The summed E-state index contributed by atoms with van der Waals surface area (Å²) in [6.07, 6.45) is 4.82. The van der Waals surface area contributed by atoms with Crippen LogP contribution in [0.15, 0.2) is 29.6 Å². The summed E-state index contributed by atoms with van der Waals surface area (Å²) >= 11 is 0. The third kappa shape index (κ3) is 2.19. The Hall–Kier alpha value is -2.18. The van der Waals surface area contributed by atoms with E-state index in [0.717, 1.165) is 0 Å². The molecule has 2 N–H and O–H groups in total. The van der Waals surface area contributed by atoms with Crippen LogP contribution in [0, 0.1) is 0 Å². The fourth-order valence-electron chi connectivity index (χ4n) is 1.18. The van der Waals surface area contributed by atoms with Crippen LogP contribution in [-0.2, 0) is 13.1 Å². The van der Waals surface area contributed by atoms with Crippen molar-refractivity contribution in [1.29, 1.82) is 0 Å². The van der Waals surface area contributed by atoms with E-state index in [0.29, 0.717) is 13.1 Å². The molecular weight excluding hydrogens is 196 g/mol. The van der Waals surface area contributed by atoms with E-state index < -0.39 is 0 Å². The van der Waals surface area contributed by atoms with E-state index in [4.69, 9.17) is 5.73 Å². The van der Waals surface area contributed by atoms with Crippen molar-refractivity contribution in [2.75, 3.05) is 5.73 Å². The molecule has 0 aliphatic carbocycles. The second-order valence-corrected chi connectivity index (χ2v) is 3.08. The first-order chi connectivity index (χ1) is 7.25. The van der Waals surface area contributed by atoms with Crippen molar-refractivity contribution in [3.8, 4) is 0 Å². The first-order valence-electron chi connectivity index (χ1n) is 4.42. The van der Waals surface area contributed by atoms with Crippen molar-refractivity contribution in [3.05, 3.63) is 35.0 Å². The van der Waals surface area contributed by atoms with Crippen molar-refractivity contribution in [1.82, 2.24) is 24.8 Å². The Labute approximate surface area is 85.1 Å². The van der Waals surface area contributed by atoms with Gasteiger partial charge in [-0.15, -0.1) is 5.10 Å². The molecule has 78 valence electrons. The van der Waals surface area contributed by atoms with Gasteiger partial charge in [-0.05, 0) is 10.4 Å². The molecule has 0 aromatic carbocycles. The zero-order chi connectivity index (χ0) is 10.7. The Morgan fingerprint density at radius 3 is 2.93 bits per heavy atom. The van der Waals surface area contributed by atoms with Crippen molar-refractivity contribution in [2.45, 2.75) is 13.1 Å². The van der Waals surface area contributed by atoms with Crippen LogP contribution in [0.5, 0.6) is 0 Å². The summed E-state index contributed by atoms with van der Waals surface area (Å²) in [4.78, 5) is 11.0. The third-order valence-electron chi connectivity index (χ3n) is 1.99. The number of hydrogen-bond donors (Lipinski definition) is 1. The lowest BCUT2D eigenvalue weighted by Crippen LogP contribution is -2.13. The van der Waals surface area contributed by atoms with Gasteiger partial charge in [0.1, 0.15) is 6.33 Å². The molecule has 0 aliphatic heterocycles. The minimum Gasteiger partial charge on any atom is -0.394 e. The molecule has 0 saturated carbocycles. The number of nitrogens with zero attached hydrogens (tertiary/aromatic N) is 5. The van der Waals surface area contributed by atoms with E-state index in [1.165, 1.54) is 12.4 Å². The molecule has 0 atom stereocenters. The number of nitrogen functional groups attached to an aromatic ring is 1. The molecule has 0 bridgehead atoms. The lowest BCUT2D eigenvalue weighted by Gasteiger charge is -2.05. The fourth-order valence-corrected chi connectivity index (χ4v) is 1.18. The molecule has 7 heteroatoms. The molecule has 2 aromatic heterocycles. The maximum absolute atomic E-state index is 11.0. The SMILES string of the molecule is Nc1cn(CCn2cnnn2)ccc1=O. The standard InChI is InChI=1S/C8H10N6O/c9-7-5-13(2-1-8(7)15)3-4-14-6-10-11-12-14/h1-2,5-6H,3-4,9H2. The van der Waals surface area contributed by atoms with Gasteiger partial charge in [0.15, 0.2) is 0 Å². The number of pyridine rings is 1. The minimum atomic E-state index is -0.159. The third-order valence-corrected chi connectivity index (χ3v) is 1.99. The number of aryl methyl sites for hydroxylation is 2. The maximum Gasteiger partial charge on any atom is 0.204 e. The van der Waals surface area contributed by atoms with Gasteiger partial charge in [-0.25, -0.2) is 4.68 Å². The van der Waals surface area contributed by atoms with E-state index >= 15 is 0 Å². The molecule has 0 radical (unpaired) electrons. The summed E-state index contributed by atoms with van der Waals surface area (Å²) in [5.41, 5.74) is 5.58. The van der Waals surface area contributed by atoms with Crippen LogP contribution in [0.25, 0.3) is 0 Å². The van der Waals surface area contributed by atoms with Crippen LogP contribution in [0.2, 0.25) is 0 Å². The van der Waals surface area contributed by atoms with Crippen molar-refractivity contribution in [3.63, 3.8) is 0 Å². The average molecular weight is 206 g/mol. The molecule has 7 nitrogen and oxygen atoms in total. The van der Waals surface area contributed by atoms with Crippen LogP contribution in [0.1, 0.15) is 0 Å². The molecular formula is C8H10N6O. The van der Waals surface area contributed by atoms with Crippen LogP contribution in [0.4, 0.5) is 5.69 Å². The number of rotatable bonds is 3. The maximum atomic E-state index is 11.0. The molecule has 0 saturated heterocycles. The lowest BCUT2D eigenvalue weighted by molar-refractivity contribution is 0.518. The van der Waals surface area contributed by atoms with Crippen molar-refractivity contribution in [2.24, 2.45) is 0 Å². The van der Waals surface area contributed by atoms with Gasteiger partial charge < -0.3 is 10.3 Å². The van der Waals surface area contributed by atoms with Crippen molar-refractivity contribution < 1.29 is 0 Å². The zero-order valence-electron chi connectivity index (χ0n) is 7.95. The first kappa shape index (κ1) is 9.38. The van der Waals surface area contributed by atoms with Crippen molar-refractivity contribution >= 4 is 5.69 Å². The second kappa shape index (κ2) is 3.91. The smallest absolute Gasteiger partial charge is 0.204 e. The monoisotopic (exact) mass is 206 g/mol. The molecule has 0 aliphatic rings. The van der Waals surface area contributed by atoms with Gasteiger partial charge >= 0.3 is 0 Å². The first-order valence-corrected chi connectivity index (χ1v) is 4.42. The Bertz CT molecular complexity index is 488. The Morgan fingerprint density at radius 1 is 1.40 bits per heavy atom. The summed E-state index contributed by atoms with van der Waals surface area (Å²) in [5.74, 6) is 0. The number of anilines is 1. The summed E-state index contributed by atoms with van der Waals surface area (Å²) < 4.78 is 3.42. The number of hydrogen-bond acceptors (Lipinski definition) is 5. The Morgan fingerprint density at radius 2 is 2.27 bits per heavy atom. The zero-order valence-corrected chi connectivity index (χ0v) is 7.95. The van der Waals surface area contributed by atoms with E-state index in [2.05, 4.69) is 15.5 Å². The molecule has 2 heterocycles. The summed E-state index contributed by atoms with van der Waals surface area (Å²) in [7, 11) is 0. The summed E-state index contributed by atoms with van der Waals surface area (Å²) in [6, 6.07) is 1.44. The molecule has 15 heavy (non-hydrogen) atoms. The highest BCUT2D eigenvalue weighted by molar-refractivity contribution is 5.33. The molecule has 2 aromatic rings. The Kier molecular flexibility index (Phi) is 2.44. The molecule has 2 rings (SSSR count). The van der Waals surface area contributed by atoms with Crippen LogP contribution < -0.4 is 11.2 Å². The predicted molar refractivity (Wildman–Crippen MR) is 52.9 cm³/mol. The summed E-state index contributed by atoms with van der Waals surface area (Å²) in [5, 5.41) is 10.7. The van der Waals surface area contributed by atoms with Gasteiger partial charge in [-0.1, -0.05) is 0 Å². The van der Waals surface area contributed by atoms with Crippen LogP contribution in [-0.4, -0.2) is 24.8 Å². The molecule has 0 unspecified atom stereocenters. The average Bonchev–Trinajstić information content (AvgIpc) is 2.73. The van der Waals surface area contributed by atoms with Gasteiger partial charge in [0.25, 0.3) is 0 Å². The molecule has 0 amide bonds. The van der Waals surface area contributed by atoms with E-state index in [-0.39, 0.29) is 11.1 Å². The quantitative estimate of drug-likeness (QED) is 0.703. The van der Waals surface area contributed by atoms with E-state index in [9.17, 15) is 4.79 Å².